The summed E-state index contributed by atoms with van der Waals surface area (Å²) in [7, 11) is 0. The fourth-order valence-corrected chi connectivity index (χ4v) is 3.50. The van der Waals surface area contributed by atoms with Crippen LogP contribution in [0.2, 0.25) is 0 Å². The van der Waals surface area contributed by atoms with Crippen LogP contribution in [0.4, 0.5) is 11.6 Å². The molecule has 2 aliphatic rings. The molecule has 4 rings (SSSR count). The number of anilines is 2. The predicted molar refractivity (Wildman–Crippen MR) is 104 cm³/mol. The Labute approximate surface area is 153 Å². The number of hydrogen-bond donors (Lipinski definition) is 1. The first kappa shape index (κ1) is 16.6. The van der Waals surface area contributed by atoms with Gasteiger partial charge >= 0.3 is 0 Å². The van der Waals surface area contributed by atoms with E-state index in [0.717, 1.165) is 53.7 Å². The van der Waals surface area contributed by atoms with Crippen LogP contribution in [-0.4, -0.2) is 58.2 Å². The van der Waals surface area contributed by atoms with E-state index in [1.54, 1.807) is 12.4 Å². The summed E-state index contributed by atoms with van der Waals surface area (Å²) in [6.07, 6.45) is 3.37. The molecule has 0 radical (unpaired) electrons. The van der Waals surface area contributed by atoms with E-state index in [1.807, 2.05) is 6.07 Å². The second-order valence-electron chi connectivity index (χ2n) is 7.00. The molecule has 0 aromatic carbocycles. The van der Waals surface area contributed by atoms with Gasteiger partial charge in [-0.1, -0.05) is 13.2 Å². The number of piperazine rings is 1. The first-order valence-corrected chi connectivity index (χ1v) is 8.95. The third-order valence-corrected chi connectivity index (χ3v) is 4.81. The number of rotatable bonds is 4. The Bertz CT molecular complexity index is 864. The summed E-state index contributed by atoms with van der Waals surface area (Å²) < 4.78 is 6.02. The predicted octanol–water partition coefficient (Wildman–Crippen LogP) is 2.43. The van der Waals surface area contributed by atoms with Crippen molar-refractivity contribution in [2.24, 2.45) is 0 Å². The fraction of sp³-hybridized carbons (Fsp3) is 0.421. The van der Waals surface area contributed by atoms with Crippen molar-refractivity contribution in [2.75, 3.05) is 36.5 Å². The van der Waals surface area contributed by atoms with Crippen LogP contribution >= 0.6 is 0 Å². The van der Waals surface area contributed by atoms with Crippen molar-refractivity contribution in [2.45, 2.75) is 25.9 Å². The number of allylic oxidation sites excluding steroid dienone is 1. The molecule has 4 heterocycles. The summed E-state index contributed by atoms with van der Waals surface area (Å²) in [4.78, 5) is 18.2. The average Bonchev–Trinajstić information content (AvgIpc) is 2.65. The summed E-state index contributed by atoms with van der Waals surface area (Å²) in [5, 5.41) is 3.35. The summed E-state index contributed by atoms with van der Waals surface area (Å²) in [5.74, 6) is 2.42. The minimum Gasteiger partial charge on any atom is -0.487 e. The lowest BCUT2D eigenvalue weighted by Crippen LogP contribution is -2.56. The number of hydrogen-bond acceptors (Lipinski definition) is 7. The van der Waals surface area contributed by atoms with Crippen molar-refractivity contribution in [1.82, 2.24) is 19.9 Å². The van der Waals surface area contributed by atoms with E-state index in [9.17, 15) is 0 Å². The summed E-state index contributed by atoms with van der Waals surface area (Å²) >= 11 is 0. The molecule has 7 nitrogen and oxygen atoms in total. The molecule has 2 aliphatic heterocycles. The van der Waals surface area contributed by atoms with Crippen molar-refractivity contribution in [1.29, 1.82) is 0 Å². The molecule has 0 bridgehead atoms. The van der Waals surface area contributed by atoms with E-state index >= 15 is 0 Å². The number of fused-ring (bicyclic) bond motifs is 4. The Morgan fingerprint density at radius 3 is 3.00 bits per heavy atom. The highest BCUT2D eigenvalue weighted by molar-refractivity contribution is 5.88. The molecule has 2 aromatic heterocycles. The van der Waals surface area contributed by atoms with E-state index < -0.39 is 0 Å². The first-order valence-electron chi connectivity index (χ1n) is 8.95. The van der Waals surface area contributed by atoms with Gasteiger partial charge in [-0.2, -0.15) is 0 Å². The van der Waals surface area contributed by atoms with Crippen molar-refractivity contribution >= 4 is 22.7 Å². The van der Waals surface area contributed by atoms with Crippen LogP contribution in [0.1, 0.15) is 13.8 Å². The van der Waals surface area contributed by atoms with Crippen LogP contribution in [0.25, 0.3) is 11.0 Å². The van der Waals surface area contributed by atoms with Crippen LogP contribution in [0.5, 0.6) is 5.75 Å². The van der Waals surface area contributed by atoms with E-state index in [1.165, 1.54) is 0 Å². The Balaban J connectivity index is 1.71. The molecular formula is C19H24N6O. The quantitative estimate of drug-likeness (QED) is 0.848. The maximum atomic E-state index is 6.02. The van der Waals surface area contributed by atoms with E-state index in [2.05, 4.69) is 52.1 Å². The third kappa shape index (κ3) is 2.83. The Morgan fingerprint density at radius 1 is 1.38 bits per heavy atom. The molecule has 136 valence electrons. The van der Waals surface area contributed by atoms with Gasteiger partial charge in [-0.15, -0.1) is 0 Å². The van der Waals surface area contributed by atoms with Crippen LogP contribution < -0.4 is 15.0 Å². The first-order chi connectivity index (χ1) is 12.6. The molecule has 1 N–H and O–H groups in total. The van der Waals surface area contributed by atoms with Crippen molar-refractivity contribution < 1.29 is 4.74 Å². The maximum absolute atomic E-state index is 6.02. The molecule has 0 spiro atoms. The molecular weight excluding hydrogens is 328 g/mol. The minimum absolute atomic E-state index is 0.240. The number of nitrogens with one attached hydrogen (secondary N) is 1. The van der Waals surface area contributed by atoms with E-state index in [-0.39, 0.29) is 12.1 Å². The van der Waals surface area contributed by atoms with Gasteiger partial charge in [0.2, 0.25) is 0 Å². The van der Waals surface area contributed by atoms with Crippen LogP contribution in [0.3, 0.4) is 0 Å². The number of ether oxygens (including phenoxy) is 1. The Hall–Kier alpha value is -2.83. The smallest absolute Gasteiger partial charge is 0.172 e. The molecule has 1 saturated heterocycles. The van der Waals surface area contributed by atoms with Crippen molar-refractivity contribution in [3.05, 3.63) is 37.3 Å². The minimum atomic E-state index is 0.240. The summed E-state index contributed by atoms with van der Waals surface area (Å²) in [6.45, 7) is 15.3. The lowest BCUT2D eigenvalue weighted by molar-refractivity contribution is 0.194. The van der Waals surface area contributed by atoms with Crippen LogP contribution in [0.15, 0.2) is 37.3 Å². The van der Waals surface area contributed by atoms with E-state index in [4.69, 9.17) is 9.72 Å². The van der Waals surface area contributed by atoms with Crippen molar-refractivity contribution in [3.63, 3.8) is 0 Å². The van der Waals surface area contributed by atoms with Gasteiger partial charge in [0.25, 0.3) is 0 Å². The van der Waals surface area contributed by atoms with Gasteiger partial charge in [0.15, 0.2) is 17.4 Å². The zero-order valence-corrected chi connectivity index (χ0v) is 15.3. The standard InChI is InChI=1S/C19H24N6O/c1-5-13(4)24-6-7-25-14(9-24)10-26-16-8-15-17(23-19(16)25)18(21-11-20-15)22-12(2)3/h5,8,11-12,14H,1,4,6-7,9-10H2,2-3H3,(H,20,21,22). The topological polar surface area (TPSA) is 66.4 Å². The summed E-state index contributed by atoms with van der Waals surface area (Å²) in [6, 6.07) is 2.48. The molecule has 2 aromatic rings. The zero-order chi connectivity index (χ0) is 18.3. The highest BCUT2D eigenvalue weighted by Crippen LogP contribution is 2.37. The Kier molecular flexibility index (Phi) is 4.14. The van der Waals surface area contributed by atoms with Gasteiger partial charge in [-0.05, 0) is 19.9 Å². The van der Waals surface area contributed by atoms with Gasteiger partial charge in [-0.25, -0.2) is 15.0 Å². The molecule has 26 heavy (non-hydrogen) atoms. The maximum Gasteiger partial charge on any atom is 0.172 e. The largest absolute Gasteiger partial charge is 0.487 e. The SMILES string of the molecule is C=CC(=C)N1CCN2c3nc4c(NC(C)C)ncnc4cc3OCC2C1. The monoisotopic (exact) mass is 352 g/mol. The molecule has 0 aliphatic carbocycles. The molecule has 0 amide bonds. The third-order valence-electron chi connectivity index (χ3n) is 4.81. The fourth-order valence-electron chi connectivity index (χ4n) is 3.50. The molecule has 0 saturated carbocycles. The van der Waals surface area contributed by atoms with E-state index in [0.29, 0.717) is 6.61 Å². The normalized spacial score (nSPS) is 19.0. The molecule has 1 fully saturated rings. The average molecular weight is 352 g/mol. The van der Waals surface area contributed by atoms with Crippen LogP contribution in [0, 0.1) is 0 Å². The lowest BCUT2D eigenvalue weighted by atomic mass is 10.1. The van der Waals surface area contributed by atoms with Gasteiger partial charge in [0.1, 0.15) is 18.5 Å². The van der Waals surface area contributed by atoms with Crippen LogP contribution in [-0.2, 0) is 0 Å². The number of pyridine rings is 1. The number of nitrogens with zero attached hydrogens (tertiary/aromatic N) is 5. The molecule has 7 heteroatoms. The second kappa shape index (κ2) is 6.48. The van der Waals surface area contributed by atoms with Gasteiger partial charge in [0, 0.05) is 37.4 Å². The van der Waals surface area contributed by atoms with Gasteiger partial charge < -0.3 is 19.9 Å². The van der Waals surface area contributed by atoms with Crippen molar-refractivity contribution in [3.8, 4) is 5.75 Å². The summed E-state index contributed by atoms with van der Waals surface area (Å²) in [5.41, 5.74) is 2.53. The highest BCUT2D eigenvalue weighted by atomic mass is 16.5. The second-order valence-corrected chi connectivity index (χ2v) is 7.00. The zero-order valence-electron chi connectivity index (χ0n) is 15.3. The molecule has 1 unspecified atom stereocenters. The molecule has 1 atom stereocenters. The lowest BCUT2D eigenvalue weighted by Gasteiger charge is -2.45. The Morgan fingerprint density at radius 2 is 2.23 bits per heavy atom. The van der Waals surface area contributed by atoms with Gasteiger partial charge in [0.05, 0.1) is 11.6 Å². The number of aromatic nitrogens is 3. The highest BCUT2D eigenvalue weighted by Gasteiger charge is 2.34. The van der Waals surface area contributed by atoms with Gasteiger partial charge in [-0.3, -0.25) is 0 Å².